The molecule has 8 nitrogen and oxygen atoms in total. The number of hydrogen-bond donors (Lipinski definition) is 1. The first-order valence-corrected chi connectivity index (χ1v) is 12.0. The maximum absolute atomic E-state index is 9.88. The van der Waals surface area contributed by atoms with Crippen LogP contribution in [0, 0.1) is 18.3 Å². The van der Waals surface area contributed by atoms with Gasteiger partial charge in [-0.3, -0.25) is 9.83 Å². The summed E-state index contributed by atoms with van der Waals surface area (Å²) in [5, 5.41) is 15.6. The first-order chi connectivity index (χ1) is 17.6. The van der Waals surface area contributed by atoms with E-state index in [1.54, 1.807) is 6.21 Å². The molecule has 1 N–H and O–H groups in total. The van der Waals surface area contributed by atoms with Gasteiger partial charge in [-0.25, -0.2) is 9.97 Å². The minimum Gasteiger partial charge on any atom is -0.486 e. The number of pyridine rings is 2. The van der Waals surface area contributed by atoms with Gasteiger partial charge in [0.2, 0.25) is 0 Å². The summed E-state index contributed by atoms with van der Waals surface area (Å²) in [6.07, 6.45) is 2.36. The number of para-hydroxylation sites is 2. The summed E-state index contributed by atoms with van der Waals surface area (Å²) >= 11 is 6.49. The molecule has 5 aromatic rings. The van der Waals surface area contributed by atoms with Gasteiger partial charge in [0.05, 0.1) is 28.3 Å². The van der Waals surface area contributed by atoms with E-state index in [1.807, 2.05) is 53.8 Å². The zero-order valence-electron chi connectivity index (χ0n) is 19.7. The Morgan fingerprint density at radius 1 is 1.14 bits per heavy atom. The third kappa shape index (κ3) is 3.48. The lowest BCUT2D eigenvalue weighted by atomic mass is 10.0. The van der Waals surface area contributed by atoms with Gasteiger partial charge in [0.1, 0.15) is 30.3 Å². The summed E-state index contributed by atoms with van der Waals surface area (Å²) in [6.45, 7) is 5.03. The third-order valence-corrected chi connectivity index (χ3v) is 6.72. The number of halogens is 1. The molecule has 1 aliphatic heterocycles. The highest BCUT2D eigenvalue weighted by Crippen LogP contribution is 2.35. The minimum atomic E-state index is 0.328. The van der Waals surface area contributed by atoms with Crippen molar-refractivity contribution in [3.05, 3.63) is 69.9 Å². The van der Waals surface area contributed by atoms with E-state index in [4.69, 9.17) is 26.1 Å². The molecular formula is C27H21ClN6O2. The van der Waals surface area contributed by atoms with Crippen LogP contribution in [0.1, 0.15) is 29.2 Å². The Kier molecular flexibility index (Phi) is 5.35. The number of nitriles is 1. The first kappa shape index (κ1) is 22.1. The number of nitrogens with zero attached hydrogens (tertiary/aromatic N) is 5. The molecule has 9 heteroatoms. The van der Waals surface area contributed by atoms with Gasteiger partial charge in [-0.1, -0.05) is 30.7 Å². The highest BCUT2D eigenvalue weighted by atomic mass is 35.5. The molecule has 0 unspecified atom stereocenters. The lowest BCUT2D eigenvalue weighted by Gasteiger charge is -2.18. The van der Waals surface area contributed by atoms with Gasteiger partial charge in [-0.2, -0.15) is 10.4 Å². The second kappa shape index (κ2) is 8.70. The van der Waals surface area contributed by atoms with Crippen molar-refractivity contribution in [2.75, 3.05) is 18.6 Å². The van der Waals surface area contributed by atoms with Gasteiger partial charge in [0.25, 0.3) is 0 Å². The normalized spacial score (nSPS) is 13.1. The van der Waals surface area contributed by atoms with Gasteiger partial charge in [-0.05, 0) is 48.7 Å². The number of anilines is 1. The molecular weight excluding hydrogens is 476 g/mol. The van der Waals surface area contributed by atoms with Gasteiger partial charge >= 0.3 is 0 Å². The number of aromatic nitrogens is 3. The Balaban J connectivity index is 1.44. The standard InChI is InChI=1S/C27H21ClN6O2/c1-3-18-15(2)19(13-29)26-32-20-6-4-5-7-22(20)34(26)27(18)33-30-14-17-10-16-11-23-24(36-9-8-35-23)12-21(16)31-25(17)28/h4-7,10-12,14,33H,3,8-9H2,1-2H3/b30-14-. The molecule has 36 heavy (non-hydrogen) atoms. The number of imidazole rings is 1. The first-order valence-electron chi connectivity index (χ1n) is 11.6. The van der Waals surface area contributed by atoms with E-state index in [0.29, 0.717) is 53.1 Å². The number of hydrogen-bond acceptors (Lipinski definition) is 7. The van der Waals surface area contributed by atoms with E-state index in [9.17, 15) is 5.26 Å². The van der Waals surface area contributed by atoms with Crippen LogP contribution in [0.3, 0.4) is 0 Å². The van der Waals surface area contributed by atoms with Crippen molar-refractivity contribution in [3.63, 3.8) is 0 Å². The lowest BCUT2D eigenvalue weighted by molar-refractivity contribution is 0.172. The summed E-state index contributed by atoms with van der Waals surface area (Å²) in [5.41, 5.74) is 9.33. The van der Waals surface area contributed by atoms with E-state index in [2.05, 4.69) is 28.5 Å². The summed E-state index contributed by atoms with van der Waals surface area (Å²) in [6, 6.07) is 15.8. The molecule has 2 aromatic carbocycles. The van der Waals surface area contributed by atoms with Crippen LogP contribution in [0.2, 0.25) is 5.15 Å². The quantitative estimate of drug-likeness (QED) is 0.196. The van der Waals surface area contributed by atoms with Crippen molar-refractivity contribution >= 4 is 51.2 Å². The van der Waals surface area contributed by atoms with Crippen LogP contribution in [0.4, 0.5) is 5.82 Å². The van der Waals surface area contributed by atoms with Gasteiger partial charge in [0, 0.05) is 17.0 Å². The predicted molar refractivity (Wildman–Crippen MR) is 140 cm³/mol. The van der Waals surface area contributed by atoms with Crippen LogP contribution < -0.4 is 14.9 Å². The molecule has 0 aliphatic carbocycles. The molecule has 6 rings (SSSR count). The fourth-order valence-corrected chi connectivity index (χ4v) is 4.89. The average Bonchev–Trinajstić information content (AvgIpc) is 3.27. The largest absolute Gasteiger partial charge is 0.486 e. The Morgan fingerprint density at radius 2 is 1.92 bits per heavy atom. The topological polar surface area (TPSA) is 96.8 Å². The van der Waals surface area contributed by atoms with E-state index < -0.39 is 0 Å². The van der Waals surface area contributed by atoms with Crippen LogP contribution in [-0.4, -0.2) is 33.8 Å². The van der Waals surface area contributed by atoms with Crippen molar-refractivity contribution < 1.29 is 9.47 Å². The molecule has 4 heterocycles. The van der Waals surface area contributed by atoms with Gasteiger partial charge in [0.15, 0.2) is 17.1 Å². The number of ether oxygens (including phenoxy) is 2. The average molecular weight is 497 g/mol. The van der Waals surface area contributed by atoms with E-state index in [0.717, 1.165) is 38.9 Å². The van der Waals surface area contributed by atoms with Crippen molar-refractivity contribution in [2.45, 2.75) is 20.3 Å². The summed E-state index contributed by atoms with van der Waals surface area (Å²) in [5.74, 6) is 2.12. The Morgan fingerprint density at radius 3 is 2.69 bits per heavy atom. The molecule has 0 saturated heterocycles. The summed E-state index contributed by atoms with van der Waals surface area (Å²) in [7, 11) is 0. The van der Waals surface area contributed by atoms with Crippen LogP contribution in [0.5, 0.6) is 11.5 Å². The van der Waals surface area contributed by atoms with E-state index >= 15 is 0 Å². The molecule has 0 atom stereocenters. The Labute approximate surface area is 211 Å². The Bertz CT molecular complexity index is 1750. The van der Waals surface area contributed by atoms with Gasteiger partial charge < -0.3 is 9.47 Å². The van der Waals surface area contributed by atoms with Crippen LogP contribution in [0.25, 0.3) is 27.6 Å². The van der Waals surface area contributed by atoms with E-state index in [-0.39, 0.29) is 0 Å². The number of fused-ring (bicyclic) bond motifs is 5. The number of benzene rings is 2. The highest BCUT2D eigenvalue weighted by molar-refractivity contribution is 6.32. The monoisotopic (exact) mass is 496 g/mol. The molecule has 0 spiro atoms. The Hall–Kier alpha value is -4.35. The predicted octanol–water partition coefficient (Wildman–Crippen LogP) is 5.65. The fourth-order valence-electron chi connectivity index (χ4n) is 4.69. The van der Waals surface area contributed by atoms with E-state index in [1.165, 1.54) is 0 Å². The molecule has 0 radical (unpaired) electrons. The molecule has 3 aromatic heterocycles. The van der Waals surface area contributed by atoms with Crippen LogP contribution >= 0.6 is 11.6 Å². The second-order valence-corrected chi connectivity index (χ2v) is 8.84. The maximum Gasteiger partial charge on any atom is 0.163 e. The van der Waals surface area contributed by atoms with Crippen LogP contribution in [0.15, 0.2) is 47.6 Å². The highest BCUT2D eigenvalue weighted by Gasteiger charge is 2.20. The van der Waals surface area contributed by atoms with Crippen molar-refractivity contribution in [2.24, 2.45) is 5.10 Å². The molecule has 1 aliphatic rings. The maximum atomic E-state index is 9.88. The molecule has 0 fully saturated rings. The van der Waals surface area contributed by atoms with Crippen molar-refractivity contribution in [1.29, 1.82) is 5.26 Å². The third-order valence-electron chi connectivity index (χ3n) is 6.42. The van der Waals surface area contributed by atoms with Crippen molar-refractivity contribution in [3.8, 4) is 17.6 Å². The number of hydrazone groups is 1. The summed E-state index contributed by atoms with van der Waals surface area (Å²) < 4.78 is 13.3. The second-order valence-electron chi connectivity index (χ2n) is 8.48. The zero-order chi connectivity index (χ0) is 24.8. The lowest BCUT2D eigenvalue weighted by Crippen LogP contribution is -2.15. The minimum absolute atomic E-state index is 0.328. The fraction of sp³-hybridized carbons (Fsp3) is 0.185. The van der Waals surface area contributed by atoms with Crippen LogP contribution in [-0.2, 0) is 6.42 Å². The number of nitrogens with one attached hydrogen (secondary N) is 1. The molecule has 0 bridgehead atoms. The SMILES string of the molecule is CCc1c(C)c(C#N)c2nc3ccccc3n2c1N/N=C\c1cc2cc3c(cc2nc1Cl)OCCO3. The number of rotatable bonds is 4. The molecule has 178 valence electrons. The molecule has 0 saturated carbocycles. The summed E-state index contributed by atoms with van der Waals surface area (Å²) in [4.78, 5) is 9.25. The molecule has 0 amide bonds. The van der Waals surface area contributed by atoms with Crippen molar-refractivity contribution in [1.82, 2.24) is 14.4 Å². The van der Waals surface area contributed by atoms with Gasteiger partial charge in [-0.15, -0.1) is 0 Å². The zero-order valence-corrected chi connectivity index (χ0v) is 20.4. The smallest absolute Gasteiger partial charge is 0.163 e.